The number of hydrogen-bond acceptors (Lipinski definition) is 4. The molecule has 0 saturated carbocycles. The van der Waals surface area contributed by atoms with Crippen LogP contribution in [0.25, 0.3) is 0 Å². The molecule has 0 fully saturated rings. The minimum Gasteiger partial charge on any atom is -0.491 e. The number of benzene rings is 1. The van der Waals surface area contributed by atoms with Gasteiger partial charge in [0.05, 0.1) is 6.61 Å². The maximum Gasteiger partial charge on any atom is 0.191 e. The molecule has 0 unspecified atom stereocenters. The molecule has 1 aromatic rings. The Labute approximate surface area is 146 Å². The van der Waals surface area contributed by atoms with Crippen LogP contribution in [0.3, 0.4) is 0 Å². The van der Waals surface area contributed by atoms with Crippen molar-refractivity contribution in [3.63, 3.8) is 0 Å². The Kier molecular flexibility index (Phi) is 9.88. The van der Waals surface area contributed by atoms with Gasteiger partial charge in [-0.3, -0.25) is 4.99 Å². The van der Waals surface area contributed by atoms with Crippen molar-refractivity contribution in [1.82, 2.24) is 15.5 Å². The van der Waals surface area contributed by atoms with Gasteiger partial charge < -0.3 is 25.0 Å². The van der Waals surface area contributed by atoms with Crippen LogP contribution in [0.5, 0.6) is 5.75 Å². The Hall–Kier alpha value is -1.79. The molecule has 0 bridgehead atoms. The van der Waals surface area contributed by atoms with Gasteiger partial charge in [0.25, 0.3) is 0 Å². The fourth-order valence-corrected chi connectivity index (χ4v) is 2.18. The summed E-state index contributed by atoms with van der Waals surface area (Å²) in [5.41, 5.74) is 2.28. The first kappa shape index (κ1) is 20.3. The summed E-state index contributed by atoms with van der Waals surface area (Å²) in [6.07, 6.45) is 1.07. The summed E-state index contributed by atoms with van der Waals surface area (Å²) in [5, 5.41) is 6.67. The molecule has 0 amide bonds. The van der Waals surface area contributed by atoms with Crippen LogP contribution in [0.2, 0.25) is 0 Å². The van der Waals surface area contributed by atoms with Gasteiger partial charge in [-0.05, 0) is 45.6 Å². The normalized spacial score (nSPS) is 11.7. The van der Waals surface area contributed by atoms with Gasteiger partial charge in [0.15, 0.2) is 5.96 Å². The standard InChI is InChI=1S/C18H32N4O2/c1-15-7-8-16(17(13-15)24-12-11-23-5)14-21-18(19-2)20-9-6-10-22(3)4/h7-8,13H,6,9-12,14H2,1-5H3,(H2,19,20,21). The summed E-state index contributed by atoms with van der Waals surface area (Å²) < 4.78 is 10.9. The molecule has 0 aliphatic carbocycles. The van der Waals surface area contributed by atoms with Gasteiger partial charge in [-0.15, -0.1) is 0 Å². The lowest BCUT2D eigenvalue weighted by molar-refractivity contribution is 0.145. The zero-order valence-corrected chi connectivity index (χ0v) is 15.7. The van der Waals surface area contributed by atoms with Gasteiger partial charge in [-0.25, -0.2) is 0 Å². The summed E-state index contributed by atoms with van der Waals surface area (Å²) in [5.74, 6) is 1.69. The molecule has 1 aromatic carbocycles. The Morgan fingerprint density at radius 3 is 2.67 bits per heavy atom. The fraction of sp³-hybridized carbons (Fsp3) is 0.611. The van der Waals surface area contributed by atoms with E-state index in [0.717, 1.165) is 36.8 Å². The molecule has 0 aromatic heterocycles. The van der Waals surface area contributed by atoms with Crippen molar-refractivity contribution in [1.29, 1.82) is 0 Å². The van der Waals surface area contributed by atoms with E-state index in [4.69, 9.17) is 9.47 Å². The minimum atomic E-state index is 0.546. The number of aliphatic imine (C=N–C) groups is 1. The molecule has 0 heterocycles. The van der Waals surface area contributed by atoms with Gasteiger partial charge in [-0.1, -0.05) is 12.1 Å². The van der Waals surface area contributed by atoms with Crippen molar-refractivity contribution in [3.05, 3.63) is 29.3 Å². The second-order valence-corrected chi connectivity index (χ2v) is 5.96. The van der Waals surface area contributed by atoms with E-state index in [1.807, 2.05) is 0 Å². The lowest BCUT2D eigenvalue weighted by Crippen LogP contribution is -2.38. The van der Waals surface area contributed by atoms with Crippen molar-refractivity contribution in [2.75, 3.05) is 54.6 Å². The van der Waals surface area contributed by atoms with Crippen LogP contribution in [0, 0.1) is 6.92 Å². The van der Waals surface area contributed by atoms with Gasteiger partial charge in [-0.2, -0.15) is 0 Å². The molecule has 0 radical (unpaired) electrons. The Morgan fingerprint density at radius 2 is 2.00 bits per heavy atom. The lowest BCUT2D eigenvalue weighted by Gasteiger charge is -2.16. The maximum absolute atomic E-state index is 5.82. The van der Waals surface area contributed by atoms with Gasteiger partial charge in [0.2, 0.25) is 0 Å². The average molecular weight is 336 g/mol. The average Bonchev–Trinajstić information content (AvgIpc) is 2.55. The third kappa shape index (κ3) is 8.17. The SMILES string of the molecule is CN=C(NCCCN(C)C)NCc1ccc(C)cc1OCCOC. The van der Waals surface area contributed by atoms with Crippen LogP contribution in [0.1, 0.15) is 17.5 Å². The van der Waals surface area contributed by atoms with Crippen molar-refractivity contribution in [2.45, 2.75) is 19.9 Å². The van der Waals surface area contributed by atoms with E-state index in [1.165, 1.54) is 5.56 Å². The first-order chi connectivity index (χ1) is 11.6. The molecule has 136 valence electrons. The predicted molar refractivity (Wildman–Crippen MR) is 99.9 cm³/mol. The van der Waals surface area contributed by atoms with Crippen molar-refractivity contribution >= 4 is 5.96 Å². The van der Waals surface area contributed by atoms with E-state index < -0.39 is 0 Å². The third-order valence-corrected chi connectivity index (χ3v) is 3.51. The quantitative estimate of drug-likeness (QED) is 0.386. The molecule has 2 N–H and O–H groups in total. The van der Waals surface area contributed by atoms with Crippen LogP contribution in [0.4, 0.5) is 0 Å². The number of hydrogen-bond donors (Lipinski definition) is 2. The molecule has 0 aliphatic rings. The summed E-state index contributed by atoms with van der Waals surface area (Å²) in [7, 11) is 7.62. The molecular weight excluding hydrogens is 304 g/mol. The molecule has 0 spiro atoms. The molecule has 24 heavy (non-hydrogen) atoms. The molecule has 0 saturated heterocycles. The summed E-state index contributed by atoms with van der Waals surface area (Å²) >= 11 is 0. The highest BCUT2D eigenvalue weighted by atomic mass is 16.5. The molecule has 6 heteroatoms. The number of aryl methyl sites for hydroxylation is 1. The number of nitrogens with zero attached hydrogens (tertiary/aromatic N) is 2. The van der Waals surface area contributed by atoms with Crippen LogP contribution < -0.4 is 15.4 Å². The Balaban J connectivity index is 2.51. The first-order valence-corrected chi connectivity index (χ1v) is 8.37. The van der Waals surface area contributed by atoms with Crippen molar-refractivity contribution < 1.29 is 9.47 Å². The van der Waals surface area contributed by atoms with Gasteiger partial charge in [0.1, 0.15) is 12.4 Å². The highest BCUT2D eigenvalue weighted by Gasteiger charge is 2.06. The molecule has 0 atom stereocenters. The number of ether oxygens (including phenoxy) is 2. The van der Waals surface area contributed by atoms with E-state index in [1.54, 1.807) is 14.2 Å². The predicted octanol–water partition coefficient (Wildman–Crippen LogP) is 1.64. The van der Waals surface area contributed by atoms with Crippen LogP contribution in [-0.4, -0.2) is 65.4 Å². The highest BCUT2D eigenvalue weighted by Crippen LogP contribution is 2.20. The van der Waals surface area contributed by atoms with E-state index in [9.17, 15) is 0 Å². The molecule has 6 nitrogen and oxygen atoms in total. The zero-order chi connectivity index (χ0) is 17.8. The topological polar surface area (TPSA) is 58.1 Å². The number of nitrogens with one attached hydrogen (secondary N) is 2. The van der Waals surface area contributed by atoms with Crippen molar-refractivity contribution in [2.24, 2.45) is 4.99 Å². The Morgan fingerprint density at radius 1 is 1.21 bits per heavy atom. The number of rotatable bonds is 10. The largest absolute Gasteiger partial charge is 0.491 e. The zero-order valence-electron chi connectivity index (χ0n) is 15.7. The third-order valence-electron chi connectivity index (χ3n) is 3.51. The van der Waals surface area contributed by atoms with Crippen LogP contribution in [-0.2, 0) is 11.3 Å². The summed E-state index contributed by atoms with van der Waals surface area (Å²) in [4.78, 5) is 6.44. The number of methoxy groups -OCH3 is 1. The van der Waals surface area contributed by atoms with Gasteiger partial charge in [0, 0.05) is 32.8 Å². The summed E-state index contributed by atoms with van der Waals surface area (Å²) in [6.45, 7) is 5.80. The Bertz CT molecular complexity index is 504. The second kappa shape index (κ2) is 11.7. The molecular formula is C18H32N4O2. The van der Waals surface area contributed by atoms with E-state index in [0.29, 0.717) is 19.8 Å². The monoisotopic (exact) mass is 336 g/mol. The van der Waals surface area contributed by atoms with Crippen molar-refractivity contribution in [3.8, 4) is 5.75 Å². The summed E-state index contributed by atoms with van der Waals surface area (Å²) in [6, 6.07) is 6.23. The van der Waals surface area contributed by atoms with Gasteiger partial charge >= 0.3 is 0 Å². The molecule has 1 rings (SSSR count). The van der Waals surface area contributed by atoms with Crippen LogP contribution in [0.15, 0.2) is 23.2 Å². The fourth-order valence-electron chi connectivity index (χ4n) is 2.18. The van der Waals surface area contributed by atoms with Crippen LogP contribution >= 0.6 is 0 Å². The van der Waals surface area contributed by atoms with E-state index in [-0.39, 0.29) is 0 Å². The van der Waals surface area contributed by atoms with E-state index in [2.05, 4.69) is 59.7 Å². The van der Waals surface area contributed by atoms with E-state index >= 15 is 0 Å². The number of guanidine groups is 1. The molecule has 0 aliphatic heterocycles. The lowest BCUT2D eigenvalue weighted by atomic mass is 10.1. The minimum absolute atomic E-state index is 0.546. The smallest absolute Gasteiger partial charge is 0.191 e. The maximum atomic E-state index is 5.82. The highest BCUT2D eigenvalue weighted by molar-refractivity contribution is 5.79. The first-order valence-electron chi connectivity index (χ1n) is 8.37. The second-order valence-electron chi connectivity index (χ2n) is 5.96.